The number of rotatable bonds is 2. The number of nitrogens with zero attached hydrogens (tertiary/aromatic N) is 3. The molecule has 6 heteroatoms. The predicted molar refractivity (Wildman–Crippen MR) is 82.5 cm³/mol. The molecule has 0 spiro atoms. The van der Waals surface area contributed by atoms with Crippen LogP contribution in [0.3, 0.4) is 0 Å². The Kier molecular flexibility index (Phi) is 3.52. The summed E-state index contributed by atoms with van der Waals surface area (Å²) >= 11 is 0. The summed E-state index contributed by atoms with van der Waals surface area (Å²) in [5.74, 6) is -0.129. The molecule has 6 nitrogen and oxygen atoms in total. The van der Waals surface area contributed by atoms with Crippen LogP contribution in [0, 0.1) is 13.8 Å². The number of likely N-dealkylation sites (tertiary alicyclic amines) is 1. The highest BCUT2D eigenvalue weighted by Gasteiger charge is 2.28. The fourth-order valence-corrected chi connectivity index (χ4v) is 2.60. The van der Waals surface area contributed by atoms with Gasteiger partial charge in [0.1, 0.15) is 0 Å². The Morgan fingerprint density at radius 2 is 1.91 bits per heavy atom. The number of hydrogen-bond donors (Lipinski definition) is 1. The summed E-state index contributed by atoms with van der Waals surface area (Å²) in [7, 11) is 1.74. The molecule has 1 atom stereocenters. The maximum absolute atomic E-state index is 12.3. The minimum atomic E-state index is -0.185. The van der Waals surface area contributed by atoms with Gasteiger partial charge in [0.25, 0.3) is 5.91 Å². The fraction of sp³-hybridized carbons (Fsp3) is 0.375. The molecule has 1 aliphatic heterocycles. The molecule has 1 aromatic carbocycles. The van der Waals surface area contributed by atoms with Crippen LogP contribution >= 0.6 is 0 Å². The van der Waals surface area contributed by atoms with E-state index in [1.54, 1.807) is 30.1 Å². The lowest BCUT2D eigenvalue weighted by Crippen LogP contribution is -2.36. The maximum atomic E-state index is 12.3. The number of benzene rings is 1. The SMILES string of the molecule is Cc1nc2ccc(C(=O)NC3CC(=O)N(C)C3)cc2nc1C. The Balaban J connectivity index is 1.82. The lowest BCUT2D eigenvalue weighted by Gasteiger charge is -2.12. The van der Waals surface area contributed by atoms with Gasteiger partial charge in [-0.25, -0.2) is 9.97 Å². The van der Waals surface area contributed by atoms with Crippen LogP contribution in [0.4, 0.5) is 0 Å². The first-order valence-corrected chi connectivity index (χ1v) is 7.24. The summed E-state index contributed by atoms with van der Waals surface area (Å²) < 4.78 is 0. The molecule has 0 saturated carbocycles. The molecule has 0 bridgehead atoms. The molecule has 1 unspecified atom stereocenters. The van der Waals surface area contributed by atoms with E-state index < -0.39 is 0 Å². The van der Waals surface area contributed by atoms with Crippen molar-refractivity contribution in [2.24, 2.45) is 0 Å². The standard InChI is InChI=1S/C16H18N4O2/c1-9-10(2)18-14-6-11(4-5-13(14)17-9)16(22)19-12-7-15(21)20(3)8-12/h4-6,12H,7-8H2,1-3H3,(H,19,22). The van der Waals surface area contributed by atoms with Crippen molar-refractivity contribution in [3.63, 3.8) is 0 Å². The molecule has 1 aromatic heterocycles. The van der Waals surface area contributed by atoms with Gasteiger partial charge in [-0.2, -0.15) is 0 Å². The topological polar surface area (TPSA) is 75.2 Å². The smallest absolute Gasteiger partial charge is 0.251 e. The van der Waals surface area contributed by atoms with E-state index >= 15 is 0 Å². The van der Waals surface area contributed by atoms with Gasteiger partial charge in [-0.3, -0.25) is 9.59 Å². The second-order valence-electron chi connectivity index (χ2n) is 5.75. The van der Waals surface area contributed by atoms with Crippen molar-refractivity contribution in [2.45, 2.75) is 26.3 Å². The number of fused-ring (bicyclic) bond motifs is 1. The van der Waals surface area contributed by atoms with Gasteiger partial charge in [0.05, 0.1) is 28.5 Å². The van der Waals surface area contributed by atoms with Gasteiger partial charge in [0, 0.05) is 25.6 Å². The zero-order valence-corrected chi connectivity index (χ0v) is 12.9. The molecule has 0 aliphatic carbocycles. The normalized spacial score (nSPS) is 18.0. The minimum absolute atomic E-state index is 0.0563. The maximum Gasteiger partial charge on any atom is 0.251 e. The molecule has 1 saturated heterocycles. The number of carbonyl (C=O) groups excluding carboxylic acids is 2. The summed E-state index contributed by atoms with van der Waals surface area (Å²) in [4.78, 5) is 34.4. The largest absolute Gasteiger partial charge is 0.347 e. The summed E-state index contributed by atoms with van der Waals surface area (Å²) in [6.45, 7) is 4.36. The molecule has 1 fully saturated rings. The third kappa shape index (κ3) is 2.64. The summed E-state index contributed by atoms with van der Waals surface area (Å²) in [6, 6.07) is 5.15. The van der Waals surface area contributed by atoms with Crippen LogP contribution in [0.1, 0.15) is 28.2 Å². The van der Waals surface area contributed by atoms with Crippen LogP contribution in [-0.2, 0) is 4.79 Å². The first kappa shape index (κ1) is 14.4. The van der Waals surface area contributed by atoms with Crippen LogP contribution in [-0.4, -0.2) is 46.3 Å². The van der Waals surface area contributed by atoms with Gasteiger partial charge >= 0.3 is 0 Å². The van der Waals surface area contributed by atoms with E-state index in [2.05, 4.69) is 15.3 Å². The second kappa shape index (κ2) is 5.36. The van der Waals surface area contributed by atoms with Crippen molar-refractivity contribution in [3.05, 3.63) is 35.2 Å². The van der Waals surface area contributed by atoms with Crippen molar-refractivity contribution < 1.29 is 9.59 Å². The van der Waals surface area contributed by atoms with Crippen LogP contribution in [0.2, 0.25) is 0 Å². The van der Waals surface area contributed by atoms with E-state index in [0.717, 1.165) is 16.9 Å². The molecule has 2 heterocycles. The second-order valence-corrected chi connectivity index (χ2v) is 5.75. The first-order chi connectivity index (χ1) is 10.4. The average molecular weight is 298 g/mol. The van der Waals surface area contributed by atoms with Crippen molar-refractivity contribution in [1.29, 1.82) is 0 Å². The van der Waals surface area contributed by atoms with Crippen LogP contribution in [0.25, 0.3) is 11.0 Å². The Bertz CT molecular complexity index is 772. The molecular weight excluding hydrogens is 280 g/mol. The monoisotopic (exact) mass is 298 g/mol. The number of carbonyl (C=O) groups is 2. The highest BCUT2D eigenvalue weighted by Crippen LogP contribution is 2.15. The highest BCUT2D eigenvalue weighted by molar-refractivity contribution is 5.97. The average Bonchev–Trinajstić information content (AvgIpc) is 2.78. The summed E-state index contributed by atoms with van der Waals surface area (Å²) in [5.41, 5.74) is 3.75. The third-order valence-corrected chi connectivity index (χ3v) is 4.01. The zero-order chi connectivity index (χ0) is 15.9. The van der Waals surface area contributed by atoms with E-state index in [9.17, 15) is 9.59 Å². The van der Waals surface area contributed by atoms with Gasteiger partial charge in [-0.1, -0.05) is 0 Å². The number of likely N-dealkylation sites (N-methyl/N-ethyl adjacent to an activating group) is 1. The molecule has 1 aliphatic rings. The predicted octanol–water partition coefficient (Wildman–Crippen LogP) is 1.21. The molecule has 2 aromatic rings. The summed E-state index contributed by atoms with van der Waals surface area (Å²) in [5, 5.41) is 2.90. The van der Waals surface area contributed by atoms with Crippen LogP contribution in [0.15, 0.2) is 18.2 Å². The van der Waals surface area contributed by atoms with Gasteiger partial charge in [-0.05, 0) is 32.0 Å². The van der Waals surface area contributed by atoms with Crippen molar-refractivity contribution in [3.8, 4) is 0 Å². The fourth-order valence-electron chi connectivity index (χ4n) is 2.60. The quantitative estimate of drug-likeness (QED) is 0.904. The molecule has 114 valence electrons. The molecule has 1 N–H and O–H groups in total. The molecule has 0 radical (unpaired) electrons. The first-order valence-electron chi connectivity index (χ1n) is 7.24. The Hall–Kier alpha value is -2.50. The zero-order valence-electron chi connectivity index (χ0n) is 12.9. The molecule has 22 heavy (non-hydrogen) atoms. The van der Waals surface area contributed by atoms with E-state index in [4.69, 9.17) is 0 Å². The number of aryl methyl sites for hydroxylation is 2. The van der Waals surface area contributed by atoms with E-state index in [0.29, 0.717) is 24.0 Å². The van der Waals surface area contributed by atoms with Crippen molar-refractivity contribution >= 4 is 22.8 Å². The van der Waals surface area contributed by atoms with Crippen LogP contribution in [0.5, 0.6) is 0 Å². The van der Waals surface area contributed by atoms with E-state index in [-0.39, 0.29) is 17.9 Å². The van der Waals surface area contributed by atoms with Crippen molar-refractivity contribution in [1.82, 2.24) is 20.2 Å². The van der Waals surface area contributed by atoms with Gasteiger partial charge < -0.3 is 10.2 Å². The Morgan fingerprint density at radius 1 is 1.23 bits per heavy atom. The van der Waals surface area contributed by atoms with Crippen LogP contribution < -0.4 is 5.32 Å². The molecule has 3 rings (SSSR count). The van der Waals surface area contributed by atoms with E-state index in [1.165, 1.54) is 0 Å². The Labute approximate surface area is 128 Å². The van der Waals surface area contributed by atoms with Gasteiger partial charge in [0.2, 0.25) is 5.91 Å². The Morgan fingerprint density at radius 3 is 2.55 bits per heavy atom. The lowest BCUT2D eigenvalue weighted by molar-refractivity contribution is -0.126. The van der Waals surface area contributed by atoms with Crippen molar-refractivity contribution in [2.75, 3.05) is 13.6 Å². The molecule has 2 amide bonds. The number of nitrogens with one attached hydrogen (secondary N) is 1. The minimum Gasteiger partial charge on any atom is -0.347 e. The highest BCUT2D eigenvalue weighted by atomic mass is 16.2. The summed E-state index contributed by atoms with van der Waals surface area (Å²) in [6.07, 6.45) is 0.355. The van der Waals surface area contributed by atoms with Gasteiger partial charge in [-0.15, -0.1) is 0 Å². The molecular formula is C16H18N4O2. The van der Waals surface area contributed by atoms with Gasteiger partial charge in [0.15, 0.2) is 0 Å². The number of aromatic nitrogens is 2. The van der Waals surface area contributed by atoms with E-state index in [1.807, 2.05) is 13.8 Å². The number of hydrogen-bond acceptors (Lipinski definition) is 4. The third-order valence-electron chi connectivity index (χ3n) is 4.01. The number of amides is 2. The lowest BCUT2D eigenvalue weighted by atomic mass is 10.1.